The van der Waals surface area contributed by atoms with Crippen LogP contribution in [0.2, 0.25) is 0 Å². The average Bonchev–Trinajstić information content (AvgIpc) is 3.44. The lowest BCUT2D eigenvalue weighted by molar-refractivity contribution is -0.929. The van der Waals surface area contributed by atoms with Crippen LogP contribution in [0, 0.1) is 0 Å². The molecule has 2 heterocycles. The van der Waals surface area contributed by atoms with Gasteiger partial charge >= 0.3 is 6.96 Å². The van der Waals surface area contributed by atoms with Crippen molar-refractivity contribution in [3.8, 4) is 34.5 Å². The predicted octanol–water partition coefficient (Wildman–Crippen LogP) is 6.78. The summed E-state index contributed by atoms with van der Waals surface area (Å²) in [5.74, 6) is 0.844. The van der Waals surface area contributed by atoms with Crippen molar-refractivity contribution < 1.29 is 33.3 Å². The van der Waals surface area contributed by atoms with Crippen molar-refractivity contribution in [2.75, 3.05) is 26.2 Å². The summed E-state index contributed by atoms with van der Waals surface area (Å²) >= 11 is 0. The van der Waals surface area contributed by atoms with E-state index in [0.29, 0.717) is 11.5 Å². The van der Waals surface area contributed by atoms with Gasteiger partial charge in [0.05, 0.1) is 26.2 Å². The molecular weight excluding hydrogens is 457 g/mol. The second-order valence-electron chi connectivity index (χ2n) is 9.91. The third kappa shape index (κ3) is 6.72. The highest BCUT2D eigenvalue weighted by atomic mass is 16.9. The van der Waals surface area contributed by atoms with Crippen LogP contribution < -0.4 is 18.6 Å². The monoisotopic (exact) mass is 501 g/mol. The van der Waals surface area contributed by atoms with Gasteiger partial charge in [0.25, 0.3) is 0 Å². The molecule has 36 heavy (non-hydrogen) atoms. The minimum atomic E-state index is -2.56. The van der Waals surface area contributed by atoms with Crippen LogP contribution in [0.3, 0.4) is 0 Å². The summed E-state index contributed by atoms with van der Waals surface area (Å²) in [6, 6.07) is 9.42. The van der Waals surface area contributed by atoms with E-state index in [0.717, 1.165) is 0 Å². The van der Waals surface area contributed by atoms with E-state index in [4.69, 9.17) is 18.6 Å². The molecule has 0 saturated heterocycles. The van der Waals surface area contributed by atoms with E-state index in [1.54, 1.807) is 24.3 Å². The fraction of sp³-hybridized carbons (Fsp3) is 0.571. The molecule has 0 fully saturated rings. The van der Waals surface area contributed by atoms with E-state index in [1.807, 2.05) is 0 Å². The number of rotatable bonds is 12. The van der Waals surface area contributed by atoms with E-state index >= 15 is 0 Å². The van der Waals surface area contributed by atoms with Gasteiger partial charge in [-0.2, -0.15) is 0 Å². The smallest absolute Gasteiger partial charge is 0.609 e. The number of aromatic hydroxyl groups is 2. The Bertz CT molecular complexity index is 872. The maximum Gasteiger partial charge on any atom is 0.777 e. The first kappa shape index (κ1) is 27.8. The van der Waals surface area contributed by atoms with Crippen LogP contribution in [-0.4, -0.2) is 47.8 Å². The Morgan fingerprint density at radius 1 is 0.583 bits per heavy atom. The number of hydrogen-bond donors (Lipinski definition) is 2. The second-order valence-corrected chi connectivity index (χ2v) is 9.91. The van der Waals surface area contributed by atoms with E-state index in [2.05, 4.69) is 27.7 Å². The molecule has 0 bridgehead atoms. The van der Waals surface area contributed by atoms with E-state index in [9.17, 15) is 10.2 Å². The fourth-order valence-corrected chi connectivity index (χ4v) is 4.82. The molecule has 2 aliphatic rings. The zero-order valence-corrected chi connectivity index (χ0v) is 22.5. The van der Waals surface area contributed by atoms with Crippen molar-refractivity contribution in [1.29, 1.82) is 0 Å². The molecule has 0 amide bonds. The topological polar surface area (TPSA) is 77.4 Å². The number of quaternary nitrogens is 1. The zero-order valence-electron chi connectivity index (χ0n) is 22.5. The summed E-state index contributed by atoms with van der Waals surface area (Å²) in [5, 5.41) is 19.4. The van der Waals surface area contributed by atoms with Gasteiger partial charge in [-0.1, -0.05) is 65.5 Å². The molecule has 2 aliphatic heterocycles. The lowest BCUT2D eigenvalue weighted by Crippen LogP contribution is -2.54. The first-order valence-electron chi connectivity index (χ1n) is 13.8. The number of phenols is 2. The molecule has 2 aromatic carbocycles. The van der Waals surface area contributed by atoms with Crippen LogP contribution in [0.25, 0.3) is 0 Å². The molecule has 0 radical (unpaired) electrons. The zero-order chi connectivity index (χ0) is 26.0. The Morgan fingerprint density at radius 2 is 0.944 bits per heavy atom. The van der Waals surface area contributed by atoms with E-state index < -0.39 is 6.96 Å². The van der Waals surface area contributed by atoms with Gasteiger partial charge in [-0.05, 0) is 49.9 Å². The third-order valence-electron chi connectivity index (χ3n) is 6.93. The normalized spacial score (nSPS) is 14.6. The summed E-state index contributed by atoms with van der Waals surface area (Å²) < 4.78 is 23.3. The quantitative estimate of drug-likeness (QED) is 0.247. The number of fused-ring (bicyclic) bond motifs is 2. The summed E-state index contributed by atoms with van der Waals surface area (Å²) in [6.07, 6.45) is 11.1. The minimum absolute atomic E-state index is 0.0661. The lowest BCUT2D eigenvalue weighted by Gasteiger charge is -2.39. The molecular formula is C28H44BNO6. The SMILES string of the molecule is CCCC[N+](CCCC)(CCCC)CCCC.Oc1cccc2c1O[B-]1(O2)Oc2cccc(O)c2O1. The van der Waals surface area contributed by atoms with Crippen LogP contribution in [0.4, 0.5) is 0 Å². The lowest BCUT2D eigenvalue weighted by atomic mass is 10.1. The highest BCUT2D eigenvalue weighted by molar-refractivity contribution is 6.59. The molecule has 0 aromatic heterocycles. The molecule has 7 nitrogen and oxygen atoms in total. The third-order valence-corrected chi connectivity index (χ3v) is 6.93. The Kier molecular flexibility index (Phi) is 10.1. The molecule has 4 rings (SSSR count). The van der Waals surface area contributed by atoms with E-state index in [1.165, 1.54) is 94.2 Å². The van der Waals surface area contributed by atoms with Crippen molar-refractivity contribution in [2.24, 2.45) is 0 Å². The van der Waals surface area contributed by atoms with Gasteiger partial charge in [0, 0.05) is 0 Å². The van der Waals surface area contributed by atoms with Gasteiger partial charge in [-0.3, -0.25) is 0 Å². The molecule has 0 unspecified atom stereocenters. The molecule has 0 saturated carbocycles. The molecule has 200 valence electrons. The van der Waals surface area contributed by atoms with Gasteiger partial charge < -0.3 is 33.3 Å². The number of nitrogens with zero attached hydrogens (tertiary/aromatic N) is 1. The van der Waals surface area contributed by atoms with Crippen molar-refractivity contribution >= 4 is 6.96 Å². The largest absolute Gasteiger partial charge is 0.777 e. The van der Waals surface area contributed by atoms with E-state index in [-0.39, 0.29) is 23.0 Å². The van der Waals surface area contributed by atoms with Crippen LogP contribution in [0.5, 0.6) is 34.5 Å². The Balaban J connectivity index is 0.000000203. The number of hydrogen-bond acceptors (Lipinski definition) is 6. The van der Waals surface area contributed by atoms with Gasteiger partial charge in [0.2, 0.25) is 0 Å². The van der Waals surface area contributed by atoms with Crippen molar-refractivity contribution in [3.05, 3.63) is 36.4 Å². The van der Waals surface area contributed by atoms with Crippen LogP contribution in [0.15, 0.2) is 36.4 Å². The predicted molar refractivity (Wildman–Crippen MR) is 144 cm³/mol. The molecule has 2 N–H and O–H groups in total. The van der Waals surface area contributed by atoms with Crippen molar-refractivity contribution in [3.63, 3.8) is 0 Å². The van der Waals surface area contributed by atoms with Gasteiger partial charge in [0.1, 0.15) is 11.5 Å². The first-order valence-corrected chi connectivity index (χ1v) is 13.8. The molecule has 8 heteroatoms. The number of phenolic OH excluding ortho intramolecular Hbond substituents is 2. The highest BCUT2D eigenvalue weighted by Gasteiger charge is 2.53. The Labute approximate surface area is 216 Å². The fourth-order valence-electron chi connectivity index (χ4n) is 4.82. The Morgan fingerprint density at radius 3 is 1.25 bits per heavy atom. The minimum Gasteiger partial charge on any atom is -0.609 e. The number of para-hydroxylation sites is 2. The first-order chi connectivity index (χ1) is 17.4. The van der Waals surface area contributed by atoms with Crippen molar-refractivity contribution in [1.82, 2.24) is 0 Å². The van der Waals surface area contributed by atoms with Crippen LogP contribution in [0.1, 0.15) is 79.1 Å². The van der Waals surface area contributed by atoms with Crippen LogP contribution in [-0.2, 0) is 0 Å². The molecule has 0 aliphatic carbocycles. The number of benzene rings is 2. The molecule has 1 spiro atoms. The van der Waals surface area contributed by atoms with Gasteiger partial charge in [-0.25, -0.2) is 0 Å². The van der Waals surface area contributed by atoms with Crippen LogP contribution >= 0.6 is 0 Å². The standard InChI is InChI=1S/C16H36N.C12H8BO6/c1-5-9-13-17(14-10-6-2,15-11-7-3)16-12-8-4;14-7-3-1-5-9-11(7)18-13(16-9)17-10-6-2-4-8(15)12(10)19-13/h5-16H2,1-4H3;1-6,14-15H/q+1;-1. The maximum atomic E-state index is 9.69. The maximum absolute atomic E-state index is 9.69. The van der Waals surface area contributed by atoms with Gasteiger partial charge in [0.15, 0.2) is 23.0 Å². The highest BCUT2D eigenvalue weighted by Crippen LogP contribution is 2.50. The van der Waals surface area contributed by atoms with Gasteiger partial charge in [-0.15, -0.1) is 0 Å². The average molecular weight is 501 g/mol. The summed E-state index contributed by atoms with van der Waals surface area (Å²) in [4.78, 5) is 0. The molecule has 0 atom stereocenters. The number of unbranched alkanes of at least 4 members (excludes halogenated alkanes) is 4. The summed E-state index contributed by atoms with van der Waals surface area (Å²) in [6.45, 7) is 12.5. The molecule has 2 aromatic rings. The van der Waals surface area contributed by atoms with Crippen molar-refractivity contribution in [2.45, 2.75) is 79.1 Å². The Hall–Kier alpha value is -2.74. The summed E-state index contributed by atoms with van der Waals surface area (Å²) in [5.41, 5.74) is 0. The summed E-state index contributed by atoms with van der Waals surface area (Å²) in [7, 11) is 0. The second kappa shape index (κ2) is 13.0.